The Hall–Kier alpha value is -2.91. The number of amides is 3. The van der Waals surface area contributed by atoms with Crippen molar-refractivity contribution < 1.29 is 22.8 Å². The van der Waals surface area contributed by atoms with E-state index in [0.717, 1.165) is 6.42 Å². The predicted octanol–water partition coefficient (Wildman–Crippen LogP) is 2.43. The van der Waals surface area contributed by atoms with E-state index in [1.165, 1.54) is 23.1 Å². The molecule has 8 nitrogen and oxygen atoms in total. The van der Waals surface area contributed by atoms with Gasteiger partial charge in [-0.25, -0.2) is 12.7 Å². The lowest BCUT2D eigenvalue weighted by molar-refractivity contribution is -0.140. The van der Waals surface area contributed by atoms with Crippen LogP contribution in [0.25, 0.3) is 0 Å². The lowest BCUT2D eigenvalue weighted by Gasteiger charge is -2.30. The minimum Gasteiger partial charge on any atom is -0.354 e. The Morgan fingerprint density at radius 2 is 1.78 bits per heavy atom. The summed E-state index contributed by atoms with van der Waals surface area (Å²) in [6.07, 6.45) is 0.718. The summed E-state index contributed by atoms with van der Waals surface area (Å²) < 4.78 is 26.2. The van der Waals surface area contributed by atoms with Crippen LogP contribution >= 0.6 is 11.6 Å². The fraction of sp³-hybridized carbons (Fsp3) is 0.318. The highest BCUT2D eigenvalue weighted by Crippen LogP contribution is 2.30. The molecule has 0 spiro atoms. The van der Waals surface area contributed by atoms with Crippen molar-refractivity contribution in [3.63, 3.8) is 0 Å². The number of rotatable bonds is 8. The standard InChI is InChI=1S/C22H24ClN3O5S/c1-3-12-24-21(28)15(2)25(13-16-8-4-6-10-18(16)23)20(27)14-26-22(29)17-9-5-7-11-19(17)32(26,30)31/h4-11,15H,3,12-14H2,1-2H3,(H,24,28). The Labute approximate surface area is 192 Å². The summed E-state index contributed by atoms with van der Waals surface area (Å²) in [5.41, 5.74) is 0.614. The molecule has 2 aromatic rings. The van der Waals surface area contributed by atoms with Gasteiger partial charge in [0.1, 0.15) is 17.5 Å². The van der Waals surface area contributed by atoms with E-state index in [2.05, 4.69) is 5.32 Å². The molecular formula is C22H24ClN3O5S. The van der Waals surface area contributed by atoms with Gasteiger partial charge < -0.3 is 10.2 Å². The van der Waals surface area contributed by atoms with Crippen LogP contribution in [0.15, 0.2) is 53.4 Å². The number of halogens is 1. The maximum atomic E-state index is 13.3. The first-order chi connectivity index (χ1) is 15.2. The lowest BCUT2D eigenvalue weighted by Crippen LogP contribution is -2.51. The van der Waals surface area contributed by atoms with Gasteiger partial charge in [0.15, 0.2) is 0 Å². The Morgan fingerprint density at radius 1 is 1.12 bits per heavy atom. The molecule has 2 aromatic carbocycles. The van der Waals surface area contributed by atoms with Crippen LogP contribution in [0.2, 0.25) is 5.02 Å². The van der Waals surface area contributed by atoms with Crippen LogP contribution < -0.4 is 5.32 Å². The molecule has 1 N–H and O–H groups in total. The van der Waals surface area contributed by atoms with Crippen molar-refractivity contribution in [3.05, 3.63) is 64.7 Å². The third-order valence-electron chi connectivity index (χ3n) is 5.21. The Bertz CT molecular complexity index is 1150. The van der Waals surface area contributed by atoms with Crippen molar-refractivity contribution >= 4 is 39.3 Å². The molecule has 1 aliphatic heterocycles. The molecule has 0 fully saturated rings. The molecule has 32 heavy (non-hydrogen) atoms. The molecule has 1 unspecified atom stereocenters. The predicted molar refractivity (Wildman–Crippen MR) is 119 cm³/mol. The molecule has 0 bridgehead atoms. The number of hydrogen-bond donors (Lipinski definition) is 1. The minimum absolute atomic E-state index is 0.0196. The van der Waals surface area contributed by atoms with Crippen LogP contribution in [0.1, 0.15) is 36.2 Å². The van der Waals surface area contributed by atoms with Gasteiger partial charge in [-0.05, 0) is 37.1 Å². The maximum absolute atomic E-state index is 13.3. The average molecular weight is 478 g/mol. The van der Waals surface area contributed by atoms with Crippen molar-refractivity contribution in [1.82, 2.24) is 14.5 Å². The van der Waals surface area contributed by atoms with Crippen LogP contribution in [0.3, 0.4) is 0 Å². The molecule has 170 valence electrons. The van der Waals surface area contributed by atoms with Gasteiger partial charge >= 0.3 is 0 Å². The van der Waals surface area contributed by atoms with Gasteiger partial charge in [0.05, 0.1) is 5.56 Å². The third-order valence-corrected chi connectivity index (χ3v) is 7.36. The van der Waals surface area contributed by atoms with E-state index in [-0.39, 0.29) is 22.9 Å². The number of benzene rings is 2. The van der Waals surface area contributed by atoms with Gasteiger partial charge in [-0.2, -0.15) is 0 Å². The number of nitrogens with one attached hydrogen (secondary N) is 1. The zero-order chi connectivity index (χ0) is 23.5. The summed E-state index contributed by atoms with van der Waals surface area (Å²) in [6.45, 7) is 3.15. The number of sulfonamides is 1. The molecule has 0 saturated heterocycles. The molecule has 0 aromatic heterocycles. The monoisotopic (exact) mass is 477 g/mol. The summed E-state index contributed by atoms with van der Waals surface area (Å²) >= 11 is 6.24. The van der Waals surface area contributed by atoms with Crippen LogP contribution in [0, 0.1) is 0 Å². The largest absolute Gasteiger partial charge is 0.354 e. The highest BCUT2D eigenvalue weighted by Gasteiger charge is 2.43. The quantitative estimate of drug-likeness (QED) is 0.628. The minimum atomic E-state index is -4.16. The summed E-state index contributed by atoms with van der Waals surface area (Å²) in [7, 11) is -4.16. The van der Waals surface area contributed by atoms with Gasteiger partial charge in [0, 0.05) is 18.1 Å². The van der Waals surface area contributed by atoms with E-state index in [9.17, 15) is 22.8 Å². The molecule has 1 atom stereocenters. The van der Waals surface area contributed by atoms with Crippen molar-refractivity contribution in [3.8, 4) is 0 Å². The molecule has 1 heterocycles. The summed E-state index contributed by atoms with van der Waals surface area (Å²) in [6, 6.07) is 11.8. The fourth-order valence-electron chi connectivity index (χ4n) is 3.39. The SMILES string of the molecule is CCCNC(=O)C(C)N(Cc1ccccc1Cl)C(=O)CN1C(=O)c2ccccc2S1(=O)=O. The molecule has 10 heteroatoms. The lowest BCUT2D eigenvalue weighted by atomic mass is 10.1. The second-order valence-electron chi connectivity index (χ2n) is 7.39. The number of carbonyl (C=O) groups is 3. The Kier molecular flexibility index (Phi) is 7.20. The molecular weight excluding hydrogens is 454 g/mol. The zero-order valence-corrected chi connectivity index (χ0v) is 19.3. The molecule has 0 saturated carbocycles. The highest BCUT2D eigenvalue weighted by atomic mass is 35.5. The zero-order valence-electron chi connectivity index (χ0n) is 17.7. The Morgan fingerprint density at radius 3 is 2.44 bits per heavy atom. The van der Waals surface area contributed by atoms with Crippen molar-refractivity contribution in [2.75, 3.05) is 13.1 Å². The summed E-state index contributed by atoms with van der Waals surface area (Å²) in [5.74, 6) is -1.84. The van der Waals surface area contributed by atoms with E-state index < -0.39 is 34.4 Å². The van der Waals surface area contributed by atoms with Crippen LogP contribution in [-0.2, 0) is 26.2 Å². The smallest absolute Gasteiger partial charge is 0.269 e. The van der Waals surface area contributed by atoms with Gasteiger partial charge in [-0.15, -0.1) is 0 Å². The first-order valence-corrected chi connectivity index (χ1v) is 12.0. The number of fused-ring (bicyclic) bond motifs is 1. The normalized spacial score (nSPS) is 15.2. The van der Waals surface area contributed by atoms with E-state index in [4.69, 9.17) is 11.6 Å². The van der Waals surface area contributed by atoms with Gasteiger partial charge in [0.2, 0.25) is 11.8 Å². The molecule has 0 aliphatic carbocycles. The summed E-state index contributed by atoms with van der Waals surface area (Å²) in [4.78, 5) is 39.7. The molecule has 3 amide bonds. The number of carbonyl (C=O) groups excluding carboxylic acids is 3. The molecule has 1 aliphatic rings. The first-order valence-electron chi connectivity index (χ1n) is 10.1. The second-order valence-corrected chi connectivity index (χ2v) is 9.63. The Balaban J connectivity index is 1.89. The van der Waals surface area contributed by atoms with Gasteiger partial charge in [-0.3, -0.25) is 14.4 Å². The average Bonchev–Trinajstić information content (AvgIpc) is 2.97. The first kappa shape index (κ1) is 23.7. The van der Waals surface area contributed by atoms with Gasteiger partial charge in [0.25, 0.3) is 15.9 Å². The fourth-order valence-corrected chi connectivity index (χ4v) is 5.10. The number of nitrogens with zero attached hydrogens (tertiary/aromatic N) is 2. The van der Waals surface area contributed by atoms with E-state index in [1.807, 2.05) is 6.92 Å². The van der Waals surface area contributed by atoms with Crippen LogP contribution in [-0.4, -0.2) is 54.5 Å². The summed E-state index contributed by atoms with van der Waals surface area (Å²) in [5, 5.41) is 3.14. The van der Waals surface area contributed by atoms with Crippen LogP contribution in [0.5, 0.6) is 0 Å². The van der Waals surface area contributed by atoms with Crippen LogP contribution in [0.4, 0.5) is 0 Å². The maximum Gasteiger partial charge on any atom is 0.269 e. The number of hydrogen-bond acceptors (Lipinski definition) is 5. The third kappa shape index (κ3) is 4.63. The second kappa shape index (κ2) is 9.70. The van der Waals surface area contributed by atoms with E-state index >= 15 is 0 Å². The topological polar surface area (TPSA) is 104 Å². The van der Waals surface area contributed by atoms with Crippen molar-refractivity contribution in [1.29, 1.82) is 0 Å². The van der Waals surface area contributed by atoms with Crippen molar-refractivity contribution in [2.45, 2.75) is 37.8 Å². The van der Waals surface area contributed by atoms with Crippen molar-refractivity contribution in [2.24, 2.45) is 0 Å². The van der Waals surface area contributed by atoms with E-state index in [1.54, 1.807) is 37.3 Å². The highest BCUT2D eigenvalue weighted by molar-refractivity contribution is 7.90. The van der Waals surface area contributed by atoms with E-state index in [0.29, 0.717) is 21.4 Å². The van der Waals surface area contributed by atoms with Gasteiger partial charge in [-0.1, -0.05) is 48.9 Å². The molecule has 0 radical (unpaired) electrons. The molecule has 3 rings (SSSR count).